The van der Waals surface area contributed by atoms with Crippen LogP contribution in [0.15, 0.2) is 30.3 Å². The first-order valence-electron chi connectivity index (χ1n) is 9.67. The maximum atomic E-state index is 6.51. The molecule has 0 spiro atoms. The predicted molar refractivity (Wildman–Crippen MR) is 112 cm³/mol. The van der Waals surface area contributed by atoms with Gasteiger partial charge in [-0.2, -0.15) is 4.98 Å². The average Bonchev–Trinajstić information content (AvgIpc) is 3.09. The quantitative estimate of drug-likeness (QED) is 0.681. The standard InChI is InChI=1S/C21H25ClN4O2/c1-13(2)14(3)28-21-23-18-12-17(22)19(24-20(18)25-21)15-4-6-16(7-5-15)26-8-10-27-11-9-26/h4-7,12-14H,8-11H2,1-3H3,(H,23,24,25). The highest BCUT2D eigenvalue weighted by Gasteiger charge is 2.16. The number of anilines is 1. The van der Waals surface area contributed by atoms with Gasteiger partial charge in [0.15, 0.2) is 5.65 Å². The molecule has 6 nitrogen and oxygen atoms in total. The number of halogens is 1. The van der Waals surface area contributed by atoms with Crippen LogP contribution in [0.3, 0.4) is 0 Å². The summed E-state index contributed by atoms with van der Waals surface area (Å²) in [5.41, 5.74) is 4.23. The number of nitrogens with zero attached hydrogens (tertiary/aromatic N) is 3. The molecule has 0 radical (unpaired) electrons. The Hall–Kier alpha value is -2.31. The van der Waals surface area contributed by atoms with Gasteiger partial charge in [-0.25, -0.2) is 4.98 Å². The number of pyridine rings is 1. The van der Waals surface area contributed by atoms with E-state index in [1.807, 2.05) is 13.0 Å². The summed E-state index contributed by atoms with van der Waals surface area (Å²) < 4.78 is 11.3. The van der Waals surface area contributed by atoms with Crippen LogP contribution < -0.4 is 9.64 Å². The average molecular weight is 401 g/mol. The molecule has 148 valence electrons. The summed E-state index contributed by atoms with van der Waals surface area (Å²) in [6.45, 7) is 9.61. The topological polar surface area (TPSA) is 63.3 Å². The first-order valence-corrected chi connectivity index (χ1v) is 10.0. The number of fused-ring (bicyclic) bond motifs is 1. The van der Waals surface area contributed by atoms with Gasteiger partial charge in [-0.15, -0.1) is 0 Å². The molecule has 1 fully saturated rings. The second-order valence-electron chi connectivity index (χ2n) is 7.45. The minimum absolute atomic E-state index is 0.0586. The number of hydrogen-bond donors (Lipinski definition) is 1. The third kappa shape index (κ3) is 3.93. The van der Waals surface area contributed by atoms with E-state index in [1.165, 1.54) is 5.69 Å². The van der Waals surface area contributed by atoms with Gasteiger partial charge in [0.2, 0.25) is 0 Å². The van der Waals surface area contributed by atoms with Gasteiger partial charge in [0.05, 0.1) is 29.4 Å². The molecule has 7 heteroatoms. The van der Waals surface area contributed by atoms with Crippen LogP contribution in [0.4, 0.5) is 5.69 Å². The highest BCUT2D eigenvalue weighted by atomic mass is 35.5. The van der Waals surface area contributed by atoms with Gasteiger partial charge in [-0.1, -0.05) is 37.6 Å². The highest BCUT2D eigenvalue weighted by Crippen LogP contribution is 2.31. The lowest BCUT2D eigenvalue weighted by Crippen LogP contribution is -2.36. The smallest absolute Gasteiger partial charge is 0.296 e. The zero-order chi connectivity index (χ0) is 19.7. The van der Waals surface area contributed by atoms with Crippen molar-refractivity contribution in [2.24, 2.45) is 5.92 Å². The summed E-state index contributed by atoms with van der Waals surface area (Å²) in [5, 5.41) is 0.582. The first-order chi connectivity index (χ1) is 13.5. The minimum Gasteiger partial charge on any atom is -0.461 e. The number of benzene rings is 1. The second kappa shape index (κ2) is 7.97. The summed E-state index contributed by atoms with van der Waals surface area (Å²) in [4.78, 5) is 14.6. The molecule has 1 saturated heterocycles. The third-order valence-corrected chi connectivity index (χ3v) is 5.45. The van der Waals surface area contributed by atoms with Crippen LogP contribution in [-0.4, -0.2) is 47.4 Å². The molecule has 3 heterocycles. The fraction of sp³-hybridized carbons (Fsp3) is 0.429. The Morgan fingerprint density at radius 3 is 2.50 bits per heavy atom. The molecular weight excluding hydrogens is 376 g/mol. The Labute approximate surface area is 169 Å². The van der Waals surface area contributed by atoms with Crippen LogP contribution in [-0.2, 0) is 4.74 Å². The molecule has 1 aliphatic rings. The lowest BCUT2D eigenvalue weighted by atomic mass is 10.1. The molecule has 1 aromatic carbocycles. The van der Waals surface area contributed by atoms with Crippen molar-refractivity contribution in [3.63, 3.8) is 0 Å². The summed E-state index contributed by atoms with van der Waals surface area (Å²) >= 11 is 6.51. The number of aromatic amines is 1. The minimum atomic E-state index is 0.0586. The molecule has 0 bridgehead atoms. The Morgan fingerprint density at radius 2 is 1.82 bits per heavy atom. The highest BCUT2D eigenvalue weighted by molar-refractivity contribution is 6.33. The second-order valence-corrected chi connectivity index (χ2v) is 7.85. The molecule has 1 unspecified atom stereocenters. The van der Waals surface area contributed by atoms with Crippen molar-refractivity contribution in [1.29, 1.82) is 0 Å². The van der Waals surface area contributed by atoms with Gasteiger partial charge in [0.1, 0.15) is 6.10 Å². The van der Waals surface area contributed by atoms with E-state index >= 15 is 0 Å². The molecule has 0 aliphatic carbocycles. The Bertz CT molecular complexity index is 949. The molecule has 0 saturated carbocycles. The maximum Gasteiger partial charge on any atom is 0.296 e. The largest absolute Gasteiger partial charge is 0.461 e. The van der Waals surface area contributed by atoms with Gasteiger partial charge in [-0.3, -0.25) is 0 Å². The molecule has 28 heavy (non-hydrogen) atoms. The molecule has 4 rings (SSSR count). The van der Waals surface area contributed by atoms with Gasteiger partial charge in [0.25, 0.3) is 6.01 Å². The summed E-state index contributed by atoms with van der Waals surface area (Å²) in [5.74, 6) is 0.394. The van der Waals surface area contributed by atoms with Crippen molar-refractivity contribution in [3.8, 4) is 17.3 Å². The zero-order valence-electron chi connectivity index (χ0n) is 16.4. The lowest BCUT2D eigenvalue weighted by Gasteiger charge is -2.28. The number of rotatable bonds is 5. The number of H-pyrrole nitrogens is 1. The van der Waals surface area contributed by atoms with Crippen LogP contribution in [0.1, 0.15) is 20.8 Å². The van der Waals surface area contributed by atoms with E-state index in [0.717, 1.165) is 43.1 Å². The zero-order valence-corrected chi connectivity index (χ0v) is 17.2. The number of nitrogens with one attached hydrogen (secondary N) is 1. The van der Waals surface area contributed by atoms with Gasteiger partial charge in [-0.05, 0) is 31.0 Å². The summed E-state index contributed by atoms with van der Waals surface area (Å²) in [6.07, 6.45) is 0.0586. The van der Waals surface area contributed by atoms with Gasteiger partial charge >= 0.3 is 0 Å². The SMILES string of the molecule is CC(C)C(C)Oc1nc2nc(-c3ccc(N4CCOCC4)cc3)c(Cl)cc2[nH]1. The van der Waals surface area contributed by atoms with Crippen molar-refractivity contribution in [1.82, 2.24) is 15.0 Å². The third-order valence-electron chi connectivity index (χ3n) is 5.16. The number of aromatic nitrogens is 3. The van der Waals surface area contributed by atoms with E-state index in [9.17, 15) is 0 Å². The first kappa shape index (κ1) is 19.0. The van der Waals surface area contributed by atoms with Crippen LogP contribution in [0.5, 0.6) is 6.01 Å². The van der Waals surface area contributed by atoms with E-state index < -0.39 is 0 Å². The number of ether oxygens (including phenoxy) is 2. The van der Waals surface area contributed by atoms with Gasteiger partial charge < -0.3 is 19.4 Å². The van der Waals surface area contributed by atoms with Gasteiger partial charge in [0, 0.05) is 24.3 Å². The van der Waals surface area contributed by atoms with Crippen molar-refractivity contribution >= 4 is 28.5 Å². The van der Waals surface area contributed by atoms with Crippen molar-refractivity contribution < 1.29 is 9.47 Å². The molecule has 1 atom stereocenters. The normalized spacial score (nSPS) is 16.0. The molecule has 1 aliphatic heterocycles. The molecule has 0 amide bonds. The van der Waals surface area contributed by atoms with E-state index in [-0.39, 0.29) is 6.10 Å². The maximum absolute atomic E-state index is 6.51. The Balaban J connectivity index is 1.60. The summed E-state index contributed by atoms with van der Waals surface area (Å²) in [7, 11) is 0. The fourth-order valence-corrected chi connectivity index (χ4v) is 3.38. The van der Waals surface area contributed by atoms with E-state index in [4.69, 9.17) is 21.1 Å². The molecule has 1 N–H and O–H groups in total. The predicted octanol–water partition coefficient (Wildman–Crippen LogP) is 4.54. The van der Waals surface area contributed by atoms with Crippen molar-refractivity contribution in [2.75, 3.05) is 31.2 Å². The molecule has 2 aromatic heterocycles. The fourth-order valence-electron chi connectivity index (χ4n) is 3.12. The van der Waals surface area contributed by atoms with Crippen LogP contribution in [0.25, 0.3) is 22.4 Å². The van der Waals surface area contributed by atoms with Crippen LogP contribution in [0.2, 0.25) is 5.02 Å². The summed E-state index contributed by atoms with van der Waals surface area (Å²) in [6, 6.07) is 10.6. The number of hydrogen-bond acceptors (Lipinski definition) is 5. The monoisotopic (exact) mass is 400 g/mol. The Morgan fingerprint density at radius 1 is 1.11 bits per heavy atom. The molecule has 3 aromatic rings. The lowest BCUT2D eigenvalue weighted by molar-refractivity contribution is 0.122. The molecular formula is C21H25ClN4O2. The number of morpholine rings is 1. The van der Waals surface area contributed by atoms with E-state index in [0.29, 0.717) is 22.6 Å². The Kier molecular flexibility index (Phi) is 5.42. The number of imidazole rings is 1. The van der Waals surface area contributed by atoms with Crippen molar-refractivity contribution in [3.05, 3.63) is 35.4 Å². The van der Waals surface area contributed by atoms with Crippen molar-refractivity contribution in [2.45, 2.75) is 26.9 Å². The van der Waals surface area contributed by atoms with E-state index in [1.54, 1.807) is 0 Å². The van der Waals surface area contributed by atoms with Crippen LogP contribution in [0, 0.1) is 5.92 Å². The van der Waals surface area contributed by atoms with Crippen LogP contribution >= 0.6 is 11.6 Å². The van der Waals surface area contributed by atoms with E-state index in [2.05, 4.69) is 58.0 Å².